The maximum atomic E-state index is 13.6. The minimum atomic E-state index is -0.412. The Labute approximate surface area is 203 Å². The highest BCUT2D eigenvalue weighted by atomic mass is 16.5. The van der Waals surface area contributed by atoms with Crippen LogP contribution in [0.15, 0.2) is 18.2 Å². The van der Waals surface area contributed by atoms with Crippen molar-refractivity contribution in [3.05, 3.63) is 23.8 Å². The van der Waals surface area contributed by atoms with Crippen molar-refractivity contribution in [2.45, 2.75) is 58.7 Å². The van der Waals surface area contributed by atoms with E-state index in [1.165, 1.54) is 0 Å². The smallest absolute Gasteiger partial charge is 0.407 e. The predicted octanol–water partition coefficient (Wildman–Crippen LogP) is 3.07. The third kappa shape index (κ3) is 8.36. The van der Waals surface area contributed by atoms with E-state index in [0.29, 0.717) is 43.4 Å². The van der Waals surface area contributed by atoms with Crippen LogP contribution < -0.4 is 20.1 Å². The zero-order valence-corrected chi connectivity index (χ0v) is 21.4. The van der Waals surface area contributed by atoms with Crippen molar-refractivity contribution in [3.8, 4) is 11.5 Å². The highest BCUT2D eigenvalue weighted by Gasteiger charge is 2.32. The Morgan fingerprint density at radius 2 is 1.88 bits per heavy atom. The third-order valence-electron chi connectivity index (χ3n) is 5.62. The van der Waals surface area contributed by atoms with Crippen molar-refractivity contribution in [2.24, 2.45) is 5.92 Å². The Kier molecular flexibility index (Phi) is 11.4. The minimum absolute atomic E-state index is 0.00335. The quantitative estimate of drug-likeness (QED) is 0.445. The molecule has 1 aromatic rings. The zero-order chi connectivity index (χ0) is 25.1. The van der Waals surface area contributed by atoms with E-state index >= 15 is 0 Å². The Bertz CT molecular complexity index is 786. The van der Waals surface area contributed by atoms with E-state index in [9.17, 15) is 9.59 Å². The van der Waals surface area contributed by atoms with Crippen LogP contribution in [0.1, 0.15) is 50.9 Å². The highest BCUT2D eigenvalue weighted by molar-refractivity contribution is 5.95. The third-order valence-corrected chi connectivity index (χ3v) is 5.62. The van der Waals surface area contributed by atoms with Crippen LogP contribution in [0.3, 0.4) is 0 Å². The first-order chi connectivity index (χ1) is 16.3. The molecular weight excluding hydrogens is 438 g/mol. The first-order valence-corrected chi connectivity index (χ1v) is 12.0. The fourth-order valence-corrected chi connectivity index (χ4v) is 4.09. The van der Waals surface area contributed by atoms with Gasteiger partial charge in [-0.1, -0.05) is 0 Å². The van der Waals surface area contributed by atoms with Gasteiger partial charge in [0.25, 0.3) is 5.91 Å². The Hall–Kier alpha value is -2.52. The molecule has 34 heavy (non-hydrogen) atoms. The lowest BCUT2D eigenvalue weighted by molar-refractivity contribution is 0.0476. The summed E-state index contributed by atoms with van der Waals surface area (Å²) in [7, 11) is 3.23. The maximum Gasteiger partial charge on any atom is 0.407 e. The number of methoxy groups -OCH3 is 2. The lowest BCUT2D eigenvalue weighted by Gasteiger charge is -2.40. The molecule has 2 atom stereocenters. The van der Waals surface area contributed by atoms with Gasteiger partial charge >= 0.3 is 6.09 Å². The van der Waals surface area contributed by atoms with Crippen molar-refractivity contribution in [1.82, 2.24) is 15.5 Å². The molecule has 9 nitrogen and oxygen atoms in total. The summed E-state index contributed by atoms with van der Waals surface area (Å²) in [5, 5.41) is 6.13. The van der Waals surface area contributed by atoms with Gasteiger partial charge in [-0.3, -0.25) is 4.79 Å². The second kappa shape index (κ2) is 14.0. The number of nitrogens with zero attached hydrogens (tertiary/aromatic N) is 1. The maximum absolute atomic E-state index is 13.6. The number of carbonyl (C=O) groups is 2. The van der Waals surface area contributed by atoms with Gasteiger partial charge in [0.05, 0.1) is 20.3 Å². The first kappa shape index (κ1) is 27.7. The van der Waals surface area contributed by atoms with Crippen LogP contribution in [0.4, 0.5) is 4.79 Å². The molecule has 0 aliphatic carbocycles. The standard InChI is InChI=1S/C25H41N3O6/c1-17(2)27-25(30)34-16-19-12-21(15-26-14-19)28(18(3)4)24(29)20-8-9-22(32-6)23(13-20)33-11-7-10-31-5/h8-9,13,17-19,21,26H,7,10-12,14-16H2,1-6H3,(H,27,30). The number of hydrogen-bond donors (Lipinski definition) is 2. The lowest BCUT2D eigenvalue weighted by atomic mass is 9.94. The number of hydrogen-bond acceptors (Lipinski definition) is 7. The summed E-state index contributed by atoms with van der Waals surface area (Å²) in [5.41, 5.74) is 0.547. The molecule has 2 N–H and O–H groups in total. The summed E-state index contributed by atoms with van der Waals surface area (Å²) in [4.78, 5) is 27.4. The SMILES string of the molecule is COCCCOc1cc(C(=O)N(C(C)C)C2CNCC(COC(=O)NC(C)C)C2)ccc1OC. The fourth-order valence-electron chi connectivity index (χ4n) is 4.09. The van der Waals surface area contributed by atoms with Crippen LogP contribution in [0.25, 0.3) is 0 Å². The summed E-state index contributed by atoms with van der Waals surface area (Å²) in [5.74, 6) is 1.19. The molecule has 2 rings (SSSR count). The molecule has 1 aliphatic heterocycles. The number of ether oxygens (including phenoxy) is 4. The summed E-state index contributed by atoms with van der Waals surface area (Å²) in [6.07, 6.45) is 1.08. The van der Waals surface area contributed by atoms with Gasteiger partial charge in [0.1, 0.15) is 0 Å². The van der Waals surface area contributed by atoms with Crippen molar-refractivity contribution in [1.29, 1.82) is 0 Å². The molecule has 1 aromatic carbocycles. The Morgan fingerprint density at radius 1 is 1.12 bits per heavy atom. The van der Waals surface area contributed by atoms with Gasteiger partial charge in [-0.2, -0.15) is 0 Å². The molecule has 0 aromatic heterocycles. The largest absolute Gasteiger partial charge is 0.493 e. The molecule has 0 saturated carbocycles. The van der Waals surface area contributed by atoms with E-state index in [-0.39, 0.29) is 30.0 Å². The van der Waals surface area contributed by atoms with E-state index in [1.807, 2.05) is 32.6 Å². The molecule has 1 aliphatic rings. The lowest BCUT2D eigenvalue weighted by Crippen LogP contribution is -2.54. The molecule has 192 valence electrons. The average Bonchev–Trinajstić information content (AvgIpc) is 2.80. The zero-order valence-electron chi connectivity index (χ0n) is 21.4. The normalized spacial score (nSPS) is 18.0. The van der Waals surface area contributed by atoms with Crippen LogP contribution in [-0.2, 0) is 9.47 Å². The van der Waals surface area contributed by atoms with E-state index in [0.717, 1.165) is 19.4 Å². The number of carbonyl (C=O) groups excluding carboxylic acids is 2. The molecular formula is C25H41N3O6. The Morgan fingerprint density at radius 3 is 2.53 bits per heavy atom. The van der Waals surface area contributed by atoms with Crippen molar-refractivity contribution >= 4 is 12.0 Å². The molecule has 0 spiro atoms. The van der Waals surface area contributed by atoms with Gasteiger partial charge in [0, 0.05) is 62.8 Å². The highest BCUT2D eigenvalue weighted by Crippen LogP contribution is 2.30. The molecule has 1 saturated heterocycles. The van der Waals surface area contributed by atoms with Crippen LogP contribution >= 0.6 is 0 Å². The van der Waals surface area contributed by atoms with Gasteiger partial charge in [-0.05, 0) is 52.3 Å². The van der Waals surface area contributed by atoms with Crippen molar-refractivity contribution < 1.29 is 28.5 Å². The number of nitrogens with one attached hydrogen (secondary N) is 2. The number of piperidine rings is 1. The number of alkyl carbamates (subject to hydrolysis) is 1. The second-order valence-corrected chi connectivity index (χ2v) is 9.18. The number of rotatable bonds is 12. The minimum Gasteiger partial charge on any atom is -0.493 e. The number of amides is 2. The van der Waals surface area contributed by atoms with Gasteiger partial charge in [-0.15, -0.1) is 0 Å². The van der Waals surface area contributed by atoms with Crippen LogP contribution in [-0.4, -0.2) is 82.2 Å². The first-order valence-electron chi connectivity index (χ1n) is 12.0. The molecule has 2 unspecified atom stereocenters. The van der Waals surface area contributed by atoms with Crippen LogP contribution in [0.2, 0.25) is 0 Å². The molecule has 2 amide bonds. The van der Waals surface area contributed by atoms with Crippen LogP contribution in [0, 0.1) is 5.92 Å². The summed E-state index contributed by atoms with van der Waals surface area (Å²) < 4.78 is 21.7. The fraction of sp³-hybridized carbons (Fsp3) is 0.680. The molecule has 1 heterocycles. The average molecular weight is 480 g/mol. The molecule has 0 bridgehead atoms. The van der Waals surface area contributed by atoms with E-state index in [2.05, 4.69) is 10.6 Å². The van der Waals surface area contributed by atoms with E-state index in [1.54, 1.807) is 32.4 Å². The predicted molar refractivity (Wildman–Crippen MR) is 131 cm³/mol. The summed E-state index contributed by atoms with van der Waals surface area (Å²) in [6, 6.07) is 5.28. The van der Waals surface area contributed by atoms with E-state index in [4.69, 9.17) is 18.9 Å². The van der Waals surface area contributed by atoms with E-state index < -0.39 is 6.09 Å². The van der Waals surface area contributed by atoms with Gasteiger partial charge in [0.2, 0.25) is 0 Å². The van der Waals surface area contributed by atoms with Gasteiger partial charge in [0.15, 0.2) is 11.5 Å². The molecule has 9 heteroatoms. The summed E-state index contributed by atoms with van der Waals surface area (Å²) in [6.45, 7) is 10.6. The van der Waals surface area contributed by atoms with Gasteiger partial charge in [-0.25, -0.2) is 4.79 Å². The molecule has 0 radical (unpaired) electrons. The monoisotopic (exact) mass is 479 g/mol. The number of benzene rings is 1. The summed E-state index contributed by atoms with van der Waals surface area (Å²) >= 11 is 0. The van der Waals surface area contributed by atoms with Crippen molar-refractivity contribution in [2.75, 3.05) is 47.1 Å². The van der Waals surface area contributed by atoms with Gasteiger partial charge < -0.3 is 34.5 Å². The second-order valence-electron chi connectivity index (χ2n) is 9.18. The molecule has 1 fully saturated rings. The van der Waals surface area contributed by atoms with Crippen molar-refractivity contribution in [3.63, 3.8) is 0 Å². The topological polar surface area (TPSA) is 98.4 Å². The Balaban J connectivity index is 2.10. The van der Waals surface area contributed by atoms with Crippen LogP contribution in [0.5, 0.6) is 11.5 Å².